The van der Waals surface area contributed by atoms with Crippen LogP contribution < -0.4 is 0 Å². The molecule has 9 nitrogen and oxygen atoms in total. The van der Waals surface area contributed by atoms with Crippen LogP contribution in [-0.2, 0) is 42.9 Å². The van der Waals surface area contributed by atoms with Crippen molar-refractivity contribution in [3.63, 3.8) is 0 Å². The Morgan fingerprint density at radius 2 is 1.33 bits per heavy atom. The lowest BCUT2D eigenvalue weighted by Gasteiger charge is -2.42. The number of esters is 4. The van der Waals surface area contributed by atoms with Crippen molar-refractivity contribution in [1.29, 1.82) is 0 Å². The SMILES string of the molecule is CC(=O)OCC1OC(OC(C)=O)C(I)C(OC(C)=O)C1OC(C)=O. The maximum absolute atomic E-state index is 11.4. The molecule has 24 heavy (non-hydrogen) atoms. The molecular formula is C14H19IO9. The summed E-state index contributed by atoms with van der Waals surface area (Å²) in [6.07, 6.45) is -3.97. The van der Waals surface area contributed by atoms with Crippen molar-refractivity contribution < 1.29 is 42.9 Å². The van der Waals surface area contributed by atoms with Crippen molar-refractivity contribution >= 4 is 46.5 Å². The van der Waals surface area contributed by atoms with Crippen molar-refractivity contribution in [3.05, 3.63) is 0 Å². The van der Waals surface area contributed by atoms with E-state index in [2.05, 4.69) is 0 Å². The molecule has 1 fully saturated rings. The number of rotatable bonds is 5. The van der Waals surface area contributed by atoms with E-state index in [0.29, 0.717) is 0 Å². The van der Waals surface area contributed by atoms with Gasteiger partial charge in [0, 0.05) is 27.7 Å². The predicted molar refractivity (Wildman–Crippen MR) is 86.0 cm³/mol. The summed E-state index contributed by atoms with van der Waals surface area (Å²) in [6, 6.07) is 0. The van der Waals surface area contributed by atoms with Crippen LogP contribution in [0, 0.1) is 0 Å². The fraction of sp³-hybridized carbons (Fsp3) is 0.714. The van der Waals surface area contributed by atoms with Crippen molar-refractivity contribution in [2.75, 3.05) is 6.61 Å². The molecule has 5 atom stereocenters. The van der Waals surface area contributed by atoms with Gasteiger partial charge in [-0.3, -0.25) is 19.2 Å². The fourth-order valence-corrected chi connectivity index (χ4v) is 2.99. The van der Waals surface area contributed by atoms with Gasteiger partial charge in [-0.15, -0.1) is 0 Å². The number of carbonyl (C=O) groups is 4. The highest BCUT2D eigenvalue weighted by Crippen LogP contribution is 2.32. The molecule has 136 valence electrons. The maximum Gasteiger partial charge on any atom is 0.304 e. The van der Waals surface area contributed by atoms with E-state index in [9.17, 15) is 19.2 Å². The van der Waals surface area contributed by atoms with E-state index >= 15 is 0 Å². The molecule has 0 aliphatic carbocycles. The van der Waals surface area contributed by atoms with Crippen LogP contribution in [0.2, 0.25) is 0 Å². The Hall–Kier alpha value is -1.43. The van der Waals surface area contributed by atoms with Gasteiger partial charge >= 0.3 is 23.9 Å². The highest BCUT2D eigenvalue weighted by Gasteiger charge is 2.50. The summed E-state index contributed by atoms with van der Waals surface area (Å²) in [5, 5.41) is 0. The van der Waals surface area contributed by atoms with Gasteiger partial charge in [-0.25, -0.2) is 0 Å². The van der Waals surface area contributed by atoms with Crippen molar-refractivity contribution in [3.8, 4) is 0 Å². The summed E-state index contributed by atoms with van der Waals surface area (Å²) in [5.74, 6) is -2.39. The van der Waals surface area contributed by atoms with Crippen LogP contribution in [0.15, 0.2) is 0 Å². The first-order valence-electron chi connectivity index (χ1n) is 7.06. The quantitative estimate of drug-likeness (QED) is 0.252. The van der Waals surface area contributed by atoms with Crippen molar-refractivity contribution in [1.82, 2.24) is 0 Å². The molecule has 5 unspecified atom stereocenters. The molecule has 0 aromatic rings. The third-order valence-corrected chi connectivity index (χ3v) is 4.21. The third kappa shape index (κ3) is 6.23. The lowest BCUT2D eigenvalue weighted by molar-refractivity contribution is -0.254. The molecule has 0 N–H and O–H groups in total. The van der Waals surface area contributed by atoms with E-state index in [1.54, 1.807) is 0 Å². The number of hydrogen-bond donors (Lipinski definition) is 0. The van der Waals surface area contributed by atoms with Gasteiger partial charge in [-0.2, -0.15) is 0 Å². The molecule has 1 aliphatic rings. The van der Waals surface area contributed by atoms with E-state index in [0.717, 1.165) is 0 Å². The Balaban J connectivity index is 3.08. The Morgan fingerprint density at radius 3 is 1.79 bits per heavy atom. The number of ether oxygens (including phenoxy) is 5. The van der Waals surface area contributed by atoms with Crippen LogP contribution in [-0.4, -0.2) is 59.0 Å². The summed E-state index contributed by atoms with van der Waals surface area (Å²) < 4.78 is 25.3. The summed E-state index contributed by atoms with van der Waals surface area (Å²) in [6.45, 7) is 4.54. The van der Waals surface area contributed by atoms with Gasteiger partial charge in [0.1, 0.15) is 16.6 Å². The highest BCUT2D eigenvalue weighted by atomic mass is 127. The highest BCUT2D eigenvalue weighted by molar-refractivity contribution is 14.1. The topological polar surface area (TPSA) is 114 Å². The predicted octanol–water partition coefficient (Wildman–Crippen LogP) is 0.504. The number of alkyl halides is 1. The van der Waals surface area contributed by atoms with Crippen LogP contribution >= 0.6 is 22.6 Å². The first-order chi connectivity index (χ1) is 11.1. The lowest BCUT2D eigenvalue weighted by atomic mass is 10.0. The third-order valence-electron chi connectivity index (χ3n) is 2.91. The lowest BCUT2D eigenvalue weighted by Crippen LogP contribution is -2.60. The molecule has 0 bridgehead atoms. The van der Waals surface area contributed by atoms with E-state index in [1.807, 2.05) is 22.6 Å². The summed E-state index contributed by atoms with van der Waals surface area (Å²) in [5.41, 5.74) is 0. The summed E-state index contributed by atoms with van der Waals surface area (Å²) in [4.78, 5) is 45.0. The minimum absolute atomic E-state index is 0.258. The molecular weight excluding hydrogens is 439 g/mol. The second kappa shape index (κ2) is 9.16. The largest absolute Gasteiger partial charge is 0.463 e. The Labute approximate surface area is 152 Å². The molecule has 1 aliphatic heterocycles. The zero-order chi connectivity index (χ0) is 18.4. The van der Waals surface area contributed by atoms with Crippen LogP contribution in [0.1, 0.15) is 27.7 Å². The van der Waals surface area contributed by atoms with Crippen LogP contribution in [0.3, 0.4) is 0 Å². The first-order valence-corrected chi connectivity index (χ1v) is 8.31. The van der Waals surface area contributed by atoms with Crippen LogP contribution in [0.25, 0.3) is 0 Å². The molecule has 0 aromatic carbocycles. The van der Waals surface area contributed by atoms with Crippen molar-refractivity contribution in [2.45, 2.75) is 56.2 Å². The molecule has 0 saturated carbocycles. The van der Waals surface area contributed by atoms with Crippen LogP contribution in [0.4, 0.5) is 0 Å². The average molecular weight is 458 g/mol. The second-order valence-corrected chi connectivity index (χ2v) is 6.49. The molecule has 10 heteroatoms. The summed E-state index contributed by atoms with van der Waals surface area (Å²) >= 11 is 1.88. The minimum Gasteiger partial charge on any atom is -0.463 e. The Bertz CT molecular complexity index is 490. The molecule has 1 saturated heterocycles. The maximum atomic E-state index is 11.4. The molecule has 0 spiro atoms. The molecule has 0 aromatic heterocycles. The van der Waals surface area contributed by atoms with E-state index in [4.69, 9.17) is 23.7 Å². The normalized spacial score (nSPS) is 29.3. The standard InChI is InChI=1S/C14H19IO9/c1-6(16)20-5-10-12(21-7(2)17)13(22-8(3)18)11(15)14(24-10)23-9(4)19/h10-14H,5H2,1-4H3. The van der Waals surface area contributed by atoms with E-state index in [-0.39, 0.29) is 6.61 Å². The van der Waals surface area contributed by atoms with Gasteiger partial charge in [0.25, 0.3) is 0 Å². The number of hydrogen-bond acceptors (Lipinski definition) is 9. The van der Waals surface area contributed by atoms with Gasteiger partial charge < -0.3 is 23.7 Å². The molecule has 1 rings (SSSR count). The average Bonchev–Trinajstić information content (AvgIpc) is 2.42. The smallest absolute Gasteiger partial charge is 0.304 e. The monoisotopic (exact) mass is 458 g/mol. The van der Waals surface area contributed by atoms with Crippen molar-refractivity contribution in [2.24, 2.45) is 0 Å². The van der Waals surface area contributed by atoms with Gasteiger partial charge in [-0.1, -0.05) is 22.6 Å². The number of halogens is 1. The van der Waals surface area contributed by atoms with Gasteiger partial charge in [0.15, 0.2) is 12.2 Å². The fourth-order valence-electron chi connectivity index (χ4n) is 2.12. The molecule has 0 radical (unpaired) electrons. The molecule has 1 heterocycles. The number of carbonyl (C=O) groups excluding carboxylic acids is 4. The first kappa shape index (κ1) is 20.6. The van der Waals surface area contributed by atoms with Crippen LogP contribution in [0.5, 0.6) is 0 Å². The summed E-state index contributed by atoms with van der Waals surface area (Å²) in [7, 11) is 0. The molecule has 0 amide bonds. The minimum atomic E-state index is -1.06. The second-order valence-electron chi connectivity index (χ2n) is 5.05. The van der Waals surface area contributed by atoms with Gasteiger partial charge in [0.2, 0.25) is 6.29 Å². The zero-order valence-corrected chi connectivity index (χ0v) is 15.8. The zero-order valence-electron chi connectivity index (χ0n) is 13.6. The van der Waals surface area contributed by atoms with Gasteiger partial charge in [-0.05, 0) is 0 Å². The Kier molecular flexibility index (Phi) is 7.87. The van der Waals surface area contributed by atoms with E-state index < -0.39 is 52.4 Å². The van der Waals surface area contributed by atoms with E-state index in [1.165, 1.54) is 27.7 Å². The Morgan fingerprint density at radius 1 is 0.833 bits per heavy atom. The van der Waals surface area contributed by atoms with Gasteiger partial charge in [0.05, 0.1) is 0 Å².